The van der Waals surface area contributed by atoms with E-state index < -0.39 is 7.60 Å². The predicted octanol–water partition coefficient (Wildman–Crippen LogP) is 2.85. The van der Waals surface area contributed by atoms with Crippen LogP contribution in [-0.4, -0.2) is 35.6 Å². The van der Waals surface area contributed by atoms with Crippen molar-refractivity contribution >= 4 is 19.4 Å². The normalized spacial score (nSPS) is 16.2. The lowest BCUT2D eigenvalue weighted by Crippen LogP contribution is -2.28. The standard InChI is InChI=1S/C16H17N2O6P/c1-3-23-25(21,22-2)10-11-8-12(24-17-11)9-18-15(19)13-6-4-5-7-14(13)16(18)20/h4-8H,3,9-10H2,1-2H3. The monoisotopic (exact) mass is 364 g/mol. The van der Waals surface area contributed by atoms with Crippen molar-refractivity contribution < 1.29 is 27.7 Å². The fraction of sp³-hybridized carbons (Fsp3) is 0.312. The zero-order chi connectivity index (χ0) is 18.0. The Morgan fingerprint density at radius 2 is 1.84 bits per heavy atom. The number of hydrogen-bond acceptors (Lipinski definition) is 7. The van der Waals surface area contributed by atoms with E-state index in [-0.39, 0.29) is 31.1 Å². The van der Waals surface area contributed by atoms with Gasteiger partial charge in [0.1, 0.15) is 0 Å². The summed E-state index contributed by atoms with van der Waals surface area (Å²) in [6.07, 6.45) is -0.0526. The molecule has 1 aliphatic heterocycles. The Kier molecular flexibility index (Phi) is 4.85. The number of rotatable bonds is 7. The third-order valence-corrected chi connectivity index (χ3v) is 5.68. The SMILES string of the molecule is CCOP(=O)(Cc1cc(CN2C(=O)c3ccccc3C2=O)on1)OC. The maximum Gasteiger partial charge on any atom is 0.336 e. The highest BCUT2D eigenvalue weighted by molar-refractivity contribution is 7.52. The molecule has 0 N–H and O–H groups in total. The van der Waals surface area contributed by atoms with Gasteiger partial charge in [-0.05, 0) is 19.1 Å². The quantitative estimate of drug-likeness (QED) is 0.550. The molecule has 0 aliphatic carbocycles. The van der Waals surface area contributed by atoms with E-state index in [1.807, 2.05) is 0 Å². The molecule has 1 unspecified atom stereocenters. The van der Waals surface area contributed by atoms with Crippen LogP contribution >= 0.6 is 7.60 Å². The number of nitrogens with zero attached hydrogens (tertiary/aromatic N) is 2. The first-order valence-electron chi connectivity index (χ1n) is 7.66. The van der Waals surface area contributed by atoms with Crippen LogP contribution in [0, 0.1) is 0 Å². The maximum atomic E-state index is 12.3. The third-order valence-electron chi connectivity index (χ3n) is 3.76. The van der Waals surface area contributed by atoms with E-state index in [2.05, 4.69) is 5.16 Å². The van der Waals surface area contributed by atoms with E-state index in [9.17, 15) is 14.2 Å². The van der Waals surface area contributed by atoms with Gasteiger partial charge in [-0.3, -0.25) is 19.1 Å². The number of amides is 2. The summed E-state index contributed by atoms with van der Waals surface area (Å²) in [7, 11) is -1.98. The molecule has 1 aromatic heterocycles. The van der Waals surface area contributed by atoms with Crippen LogP contribution in [0.5, 0.6) is 0 Å². The first kappa shape index (κ1) is 17.5. The van der Waals surface area contributed by atoms with Crippen molar-refractivity contribution in [1.29, 1.82) is 0 Å². The number of aromatic nitrogens is 1. The molecule has 2 amide bonds. The molecule has 0 saturated heterocycles. The van der Waals surface area contributed by atoms with E-state index in [1.54, 1.807) is 31.2 Å². The molecule has 0 saturated carbocycles. The minimum Gasteiger partial charge on any atom is -0.359 e. The first-order chi connectivity index (χ1) is 12.0. The van der Waals surface area contributed by atoms with Crippen LogP contribution in [0.15, 0.2) is 34.9 Å². The molecular formula is C16H17N2O6P. The summed E-state index contributed by atoms with van der Waals surface area (Å²) in [6, 6.07) is 8.16. The topological polar surface area (TPSA) is 98.9 Å². The first-order valence-corrected chi connectivity index (χ1v) is 9.39. The molecule has 2 heterocycles. The van der Waals surface area contributed by atoms with Gasteiger partial charge in [0.2, 0.25) is 0 Å². The molecule has 0 spiro atoms. The number of benzene rings is 1. The maximum absolute atomic E-state index is 12.3. The molecule has 25 heavy (non-hydrogen) atoms. The number of carbonyl (C=O) groups is 2. The van der Waals surface area contributed by atoms with Crippen LogP contribution in [0.2, 0.25) is 0 Å². The third kappa shape index (κ3) is 3.42. The predicted molar refractivity (Wildman–Crippen MR) is 87.1 cm³/mol. The Labute approximate surface area is 144 Å². The fourth-order valence-corrected chi connectivity index (χ4v) is 3.87. The average molecular weight is 364 g/mol. The zero-order valence-electron chi connectivity index (χ0n) is 13.8. The highest BCUT2D eigenvalue weighted by Gasteiger charge is 2.36. The van der Waals surface area contributed by atoms with Crippen molar-refractivity contribution in [1.82, 2.24) is 10.1 Å². The van der Waals surface area contributed by atoms with Gasteiger partial charge in [-0.1, -0.05) is 17.3 Å². The van der Waals surface area contributed by atoms with Crippen LogP contribution < -0.4 is 0 Å². The van der Waals surface area contributed by atoms with Gasteiger partial charge >= 0.3 is 7.60 Å². The van der Waals surface area contributed by atoms with E-state index in [0.717, 1.165) is 4.90 Å². The number of hydrogen-bond donors (Lipinski definition) is 0. The smallest absolute Gasteiger partial charge is 0.336 e. The molecule has 9 heteroatoms. The Hall–Kier alpha value is -2.28. The van der Waals surface area contributed by atoms with Crippen molar-refractivity contribution in [3.05, 3.63) is 52.9 Å². The zero-order valence-corrected chi connectivity index (χ0v) is 14.7. The van der Waals surface area contributed by atoms with Gasteiger partial charge in [0.25, 0.3) is 11.8 Å². The Balaban J connectivity index is 1.74. The Morgan fingerprint density at radius 3 is 2.40 bits per heavy atom. The van der Waals surface area contributed by atoms with E-state index >= 15 is 0 Å². The van der Waals surface area contributed by atoms with Crippen LogP contribution in [0.3, 0.4) is 0 Å². The number of imide groups is 1. The second kappa shape index (κ2) is 6.92. The molecule has 1 atom stereocenters. The molecule has 0 fully saturated rings. The van der Waals surface area contributed by atoms with Crippen molar-refractivity contribution in [2.45, 2.75) is 19.6 Å². The summed E-state index contributed by atoms with van der Waals surface area (Å²) in [4.78, 5) is 25.8. The van der Waals surface area contributed by atoms with Crippen molar-refractivity contribution in [3.63, 3.8) is 0 Å². The second-order valence-corrected chi connectivity index (χ2v) is 7.56. The lowest BCUT2D eigenvalue weighted by Gasteiger charge is -2.13. The second-order valence-electron chi connectivity index (χ2n) is 5.40. The van der Waals surface area contributed by atoms with Gasteiger partial charge < -0.3 is 13.6 Å². The largest absolute Gasteiger partial charge is 0.359 e. The molecule has 0 bridgehead atoms. The van der Waals surface area contributed by atoms with E-state index in [4.69, 9.17) is 13.6 Å². The molecule has 1 aromatic carbocycles. The molecule has 132 valence electrons. The van der Waals surface area contributed by atoms with Crippen LogP contribution in [0.4, 0.5) is 0 Å². The van der Waals surface area contributed by atoms with Crippen molar-refractivity contribution in [3.8, 4) is 0 Å². The molecule has 1 aliphatic rings. The van der Waals surface area contributed by atoms with Crippen LogP contribution in [0.25, 0.3) is 0 Å². The minimum atomic E-state index is -3.29. The highest BCUT2D eigenvalue weighted by atomic mass is 31.2. The summed E-state index contributed by atoms with van der Waals surface area (Å²) in [6.45, 7) is 1.90. The summed E-state index contributed by atoms with van der Waals surface area (Å²) in [5, 5.41) is 3.82. The van der Waals surface area contributed by atoms with Gasteiger partial charge in [-0.25, -0.2) is 0 Å². The van der Waals surface area contributed by atoms with Gasteiger partial charge in [0.05, 0.1) is 36.1 Å². The van der Waals surface area contributed by atoms with Crippen LogP contribution in [0.1, 0.15) is 39.1 Å². The highest BCUT2D eigenvalue weighted by Crippen LogP contribution is 2.50. The van der Waals surface area contributed by atoms with Gasteiger partial charge in [-0.2, -0.15) is 0 Å². The molecular weight excluding hydrogens is 347 g/mol. The summed E-state index contributed by atoms with van der Waals surface area (Å²) in [5.74, 6) is -0.450. The lowest BCUT2D eigenvalue weighted by atomic mass is 10.1. The lowest BCUT2D eigenvalue weighted by molar-refractivity contribution is 0.0628. The molecule has 2 aromatic rings. The van der Waals surface area contributed by atoms with E-state index in [1.165, 1.54) is 13.2 Å². The average Bonchev–Trinajstić information content (AvgIpc) is 3.14. The Bertz CT molecular complexity index is 827. The molecule has 3 rings (SSSR count). The Morgan fingerprint density at radius 1 is 1.20 bits per heavy atom. The van der Waals surface area contributed by atoms with Crippen molar-refractivity contribution in [2.75, 3.05) is 13.7 Å². The van der Waals surface area contributed by atoms with Crippen LogP contribution in [-0.2, 0) is 26.3 Å². The number of fused-ring (bicyclic) bond motifs is 1. The molecule has 0 radical (unpaired) electrons. The minimum absolute atomic E-state index is 0.0503. The van der Waals surface area contributed by atoms with E-state index in [0.29, 0.717) is 22.6 Å². The molecule has 8 nitrogen and oxygen atoms in total. The summed E-state index contributed by atoms with van der Waals surface area (Å²) >= 11 is 0. The number of carbonyl (C=O) groups excluding carboxylic acids is 2. The van der Waals surface area contributed by atoms with Gasteiger partial charge in [-0.15, -0.1) is 0 Å². The van der Waals surface area contributed by atoms with Gasteiger partial charge in [0, 0.05) is 13.2 Å². The fourth-order valence-electron chi connectivity index (χ4n) is 2.60. The van der Waals surface area contributed by atoms with Crippen molar-refractivity contribution in [2.24, 2.45) is 0 Å². The summed E-state index contributed by atoms with van der Waals surface area (Å²) < 4.78 is 27.5. The summed E-state index contributed by atoms with van der Waals surface area (Å²) in [5.41, 5.74) is 1.10. The van der Waals surface area contributed by atoms with Gasteiger partial charge in [0.15, 0.2) is 5.76 Å².